The molecule has 0 atom stereocenters. The quantitative estimate of drug-likeness (QED) is 0.293. The SMILES string of the molecule is Cc1ccc(CS(=O)(=O)Cc2c[nH]c3nc(-c4ccccc4)c(-c4cc(C)nc(Cl)c4)cc3c2=O)cn1. The zero-order chi connectivity index (χ0) is 26.2. The van der Waals surface area contributed by atoms with Crippen molar-refractivity contribution < 1.29 is 8.42 Å². The number of nitrogens with zero attached hydrogens (tertiary/aromatic N) is 3. The summed E-state index contributed by atoms with van der Waals surface area (Å²) in [7, 11) is -3.62. The van der Waals surface area contributed by atoms with Gasteiger partial charge < -0.3 is 4.98 Å². The Morgan fingerprint density at radius 2 is 1.68 bits per heavy atom. The number of H-pyrrole nitrogens is 1. The average Bonchev–Trinajstić information content (AvgIpc) is 2.86. The van der Waals surface area contributed by atoms with E-state index in [1.165, 1.54) is 6.20 Å². The molecule has 0 saturated carbocycles. The lowest BCUT2D eigenvalue weighted by Gasteiger charge is -2.13. The minimum Gasteiger partial charge on any atom is -0.346 e. The van der Waals surface area contributed by atoms with Gasteiger partial charge in [-0.3, -0.25) is 9.78 Å². The Kier molecular flexibility index (Phi) is 6.62. The molecule has 0 aliphatic carbocycles. The van der Waals surface area contributed by atoms with Crippen LogP contribution in [-0.2, 0) is 21.3 Å². The molecular weight excluding hydrogens is 508 g/mol. The van der Waals surface area contributed by atoms with E-state index in [1.807, 2.05) is 50.2 Å². The molecule has 37 heavy (non-hydrogen) atoms. The van der Waals surface area contributed by atoms with Crippen LogP contribution in [0.5, 0.6) is 0 Å². The third kappa shape index (κ3) is 5.45. The summed E-state index contributed by atoms with van der Waals surface area (Å²) in [5, 5.41) is 0.624. The molecule has 0 saturated heterocycles. The van der Waals surface area contributed by atoms with Crippen molar-refractivity contribution >= 4 is 32.5 Å². The van der Waals surface area contributed by atoms with Crippen LogP contribution in [0.3, 0.4) is 0 Å². The zero-order valence-corrected chi connectivity index (χ0v) is 21.8. The van der Waals surface area contributed by atoms with Gasteiger partial charge in [0.1, 0.15) is 10.8 Å². The lowest BCUT2D eigenvalue weighted by molar-refractivity contribution is 0.594. The summed E-state index contributed by atoms with van der Waals surface area (Å²) in [5.41, 5.74) is 5.22. The summed E-state index contributed by atoms with van der Waals surface area (Å²) < 4.78 is 25.9. The number of hydrogen-bond acceptors (Lipinski definition) is 6. The largest absolute Gasteiger partial charge is 0.346 e. The van der Waals surface area contributed by atoms with E-state index in [9.17, 15) is 13.2 Å². The maximum Gasteiger partial charge on any atom is 0.195 e. The van der Waals surface area contributed by atoms with Gasteiger partial charge in [-0.1, -0.05) is 48.0 Å². The summed E-state index contributed by atoms with van der Waals surface area (Å²) in [6.45, 7) is 3.67. The highest BCUT2D eigenvalue weighted by Gasteiger charge is 2.19. The molecule has 5 rings (SSSR count). The lowest BCUT2D eigenvalue weighted by Crippen LogP contribution is -2.17. The normalized spacial score (nSPS) is 11.6. The van der Waals surface area contributed by atoms with Crippen molar-refractivity contribution in [2.24, 2.45) is 0 Å². The van der Waals surface area contributed by atoms with E-state index in [0.29, 0.717) is 33.0 Å². The molecule has 0 unspecified atom stereocenters. The molecule has 186 valence electrons. The van der Waals surface area contributed by atoms with Crippen LogP contribution in [0.25, 0.3) is 33.4 Å². The van der Waals surface area contributed by atoms with Gasteiger partial charge in [0.25, 0.3) is 0 Å². The molecule has 4 heterocycles. The fourth-order valence-electron chi connectivity index (χ4n) is 4.24. The fraction of sp³-hybridized carbons (Fsp3) is 0.143. The van der Waals surface area contributed by atoms with Crippen molar-refractivity contribution in [3.63, 3.8) is 0 Å². The maximum atomic E-state index is 13.5. The van der Waals surface area contributed by atoms with Crippen LogP contribution in [0, 0.1) is 13.8 Å². The Bertz CT molecular complexity index is 1770. The number of aromatic nitrogens is 4. The van der Waals surface area contributed by atoms with Crippen molar-refractivity contribution in [3.05, 3.63) is 111 Å². The third-order valence-corrected chi connectivity index (χ3v) is 7.67. The van der Waals surface area contributed by atoms with Crippen LogP contribution in [0.1, 0.15) is 22.5 Å². The second kappa shape index (κ2) is 9.88. The number of aryl methyl sites for hydroxylation is 2. The number of sulfone groups is 1. The molecule has 9 heteroatoms. The van der Waals surface area contributed by atoms with E-state index in [4.69, 9.17) is 16.6 Å². The minimum absolute atomic E-state index is 0.150. The van der Waals surface area contributed by atoms with Crippen molar-refractivity contribution in [2.45, 2.75) is 25.4 Å². The van der Waals surface area contributed by atoms with E-state index in [0.717, 1.165) is 22.5 Å². The van der Waals surface area contributed by atoms with Crippen molar-refractivity contribution in [2.75, 3.05) is 0 Å². The van der Waals surface area contributed by atoms with E-state index in [-0.39, 0.29) is 16.7 Å². The second-order valence-electron chi connectivity index (χ2n) is 8.95. The second-order valence-corrected chi connectivity index (χ2v) is 11.4. The number of benzene rings is 1. The van der Waals surface area contributed by atoms with Gasteiger partial charge in [-0.05, 0) is 49.2 Å². The topological polar surface area (TPSA) is 106 Å². The zero-order valence-electron chi connectivity index (χ0n) is 20.2. The van der Waals surface area contributed by atoms with Crippen molar-refractivity contribution in [1.29, 1.82) is 0 Å². The Labute approximate surface area is 219 Å². The molecule has 5 aromatic rings. The first-order valence-electron chi connectivity index (χ1n) is 11.6. The molecule has 0 spiro atoms. The number of hydrogen-bond donors (Lipinski definition) is 1. The van der Waals surface area contributed by atoms with Gasteiger partial charge in [-0.2, -0.15) is 0 Å². The van der Waals surface area contributed by atoms with Crippen LogP contribution in [0.2, 0.25) is 5.15 Å². The highest BCUT2D eigenvalue weighted by molar-refractivity contribution is 7.89. The van der Waals surface area contributed by atoms with Crippen LogP contribution < -0.4 is 5.43 Å². The number of halogens is 1. The predicted molar refractivity (Wildman–Crippen MR) is 146 cm³/mol. The van der Waals surface area contributed by atoms with Crippen molar-refractivity contribution in [3.8, 4) is 22.4 Å². The Morgan fingerprint density at radius 1 is 0.892 bits per heavy atom. The summed E-state index contributed by atoms with van der Waals surface area (Å²) in [6.07, 6.45) is 2.98. The number of nitrogens with one attached hydrogen (secondary N) is 1. The molecule has 0 bridgehead atoms. The first-order valence-corrected chi connectivity index (χ1v) is 13.8. The fourth-order valence-corrected chi connectivity index (χ4v) is 5.96. The first kappa shape index (κ1) is 24.8. The minimum atomic E-state index is -3.62. The Morgan fingerprint density at radius 3 is 2.38 bits per heavy atom. The Hall–Kier alpha value is -3.88. The molecule has 0 radical (unpaired) electrons. The molecule has 0 amide bonds. The molecule has 4 aromatic heterocycles. The van der Waals surface area contributed by atoms with Gasteiger partial charge in [0.2, 0.25) is 0 Å². The average molecular weight is 531 g/mol. The summed E-state index contributed by atoms with van der Waals surface area (Å²) in [5.74, 6) is -0.606. The van der Waals surface area contributed by atoms with Gasteiger partial charge in [-0.15, -0.1) is 0 Å². The maximum absolute atomic E-state index is 13.5. The number of aromatic amines is 1. The first-order chi connectivity index (χ1) is 17.7. The standard InChI is InChI=1S/C28H23ClN4O3S/c1-17-8-9-19(13-30-17)15-37(35,36)16-22-14-31-28-24(27(22)34)12-23(21-10-18(2)32-25(29)11-21)26(33-28)20-6-4-3-5-7-20/h3-14H,15-16H2,1-2H3,(H,31,33,34). The highest BCUT2D eigenvalue weighted by atomic mass is 35.5. The van der Waals surface area contributed by atoms with E-state index < -0.39 is 15.6 Å². The third-order valence-electron chi connectivity index (χ3n) is 5.96. The molecule has 0 aliphatic rings. The van der Waals surface area contributed by atoms with Gasteiger partial charge in [0.05, 0.1) is 22.6 Å². The van der Waals surface area contributed by atoms with Gasteiger partial charge in [-0.25, -0.2) is 18.4 Å². The monoisotopic (exact) mass is 530 g/mol. The van der Waals surface area contributed by atoms with Crippen LogP contribution in [-0.4, -0.2) is 28.4 Å². The lowest BCUT2D eigenvalue weighted by atomic mass is 9.98. The molecule has 0 fully saturated rings. The van der Waals surface area contributed by atoms with Gasteiger partial charge >= 0.3 is 0 Å². The highest BCUT2D eigenvalue weighted by Crippen LogP contribution is 2.33. The van der Waals surface area contributed by atoms with Crippen molar-refractivity contribution in [1.82, 2.24) is 19.9 Å². The summed E-state index contributed by atoms with van der Waals surface area (Å²) >= 11 is 6.25. The molecule has 1 aromatic carbocycles. The van der Waals surface area contributed by atoms with E-state index >= 15 is 0 Å². The van der Waals surface area contributed by atoms with Gasteiger partial charge in [0, 0.05) is 40.5 Å². The molecule has 7 nitrogen and oxygen atoms in total. The van der Waals surface area contributed by atoms with Crippen LogP contribution in [0.15, 0.2) is 77.9 Å². The molecule has 1 N–H and O–H groups in total. The summed E-state index contributed by atoms with van der Waals surface area (Å²) in [4.78, 5) is 29.7. The Balaban J connectivity index is 1.62. The number of rotatable bonds is 6. The predicted octanol–water partition coefficient (Wildman–Crippen LogP) is 5.43. The number of pyridine rings is 4. The number of fused-ring (bicyclic) bond motifs is 1. The summed E-state index contributed by atoms with van der Waals surface area (Å²) in [6, 6.07) is 18.4. The van der Waals surface area contributed by atoms with E-state index in [2.05, 4.69) is 15.0 Å². The smallest absolute Gasteiger partial charge is 0.195 e. The van der Waals surface area contributed by atoms with Crippen LogP contribution >= 0.6 is 11.6 Å². The molecule has 0 aliphatic heterocycles. The van der Waals surface area contributed by atoms with E-state index in [1.54, 1.807) is 30.5 Å². The van der Waals surface area contributed by atoms with Gasteiger partial charge in [0.15, 0.2) is 15.3 Å². The van der Waals surface area contributed by atoms with Crippen LogP contribution in [0.4, 0.5) is 0 Å². The molecular formula is C28H23ClN4O3S.